The third-order valence-corrected chi connectivity index (χ3v) is 7.68. The molecule has 0 unspecified atom stereocenters. The van der Waals surface area contributed by atoms with E-state index in [0.29, 0.717) is 19.6 Å². The van der Waals surface area contributed by atoms with Crippen molar-refractivity contribution in [1.29, 1.82) is 0 Å². The predicted molar refractivity (Wildman–Crippen MR) is 130 cm³/mol. The summed E-state index contributed by atoms with van der Waals surface area (Å²) in [5.41, 5.74) is 0.777. The number of amides is 3. The maximum Gasteiger partial charge on any atom is 0.321 e. The molecule has 2 atom stereocenters. The fourth-order valence-electron chi connectivity index (χ4n) is 4.67. The van der Waals surface area contributed by atoms with Crippen LogP contribution in [0, 0.1) is 11.8 Å². The lowest BCUT2D eigenvalue weighted by Crippen LogP contribution is -2.48. The third kappa shape index (κ3) is 5.90. The van der Waals surface area contributed by atoms with Crippen LogP contribution in [-0.4, -0.2) is 54.5 Å². The molecule has 2 aromatic rings. The third-order valence-electron chi connectivity index (χ3n) is 6.70. The van der Waals surface area contributed by atoms with Crippen LogP contribution < -0.4 is 10.6 Å². The van der Waals surface area contributed by atoms with Crippen molar-refractivity contribution in [2.24, 2.45) is 11.8 Å². The van der Waals surface area contributed by atoms with Gasteiger partial charge in [0.15, 0.2) is 0 Å². The first-order valence-corrected chi connectivity index (χ1v) is 12.6. The zero-order valence-electron chi connectivity index (χ0n) is 18.8. The summed E-state index contributed by atoms with van der Waals surface area (Å²) in [6.07, 6.45) is 4.10. The van der Waals surface area contributed by atoms with Crippen molar-refractivity contribution in [3.05, 3.63) is 52.7 Å². The molecule has 0 radical (unpaired) electrons. The number of carbonyl (C=O) groups excluding carboxylic acids is 2. The van der Waals surface area contributed by atoms with E-state index in [1.54, 1.807) is 16.2 Å². The van der Waals surface area contributed by atoms with E-state index in [0.717, 1.165) is 37.5 Å². The molecule has 0 spiro atoms. The number of hydrogen-bond donors (Lipinski definition) is 2. The normalized spacial score (nSPS) is 21.2. The minimum absolute atomic E-state index is 0.0640. The van der Waals surface area contributed by atoms with E-state index < -0.39 is 0 Å². The van der Waals surface area contributed by atoms with Crippen molar-refractivity contribution in [2.75, 3.05) is 38.0 Å². The number of piperidine rings is 2. The molecule has 7 heteroatoms. The van der Waals surface area contributed by atoms with Gasteiger partial charge in [-0.3, -0.25) is 9.69 Å². The molecule has 2 saturated heterocycles. The van der Waals surface area contributed by atoms with E-state index in [4.69, 9.17) is 0 Å². The molecule has 2 aliphatic heterocycles. The quantitative estimate of drug-likeness (QED) is 0.671. The van der Waals surface area contributed by atoms with E-state index >= 15 is 0 Å². The second-order valence-corrected chi connectivity index (χ2v) is 10.1. The van der Waals surface area contributed by atoms with E-state index in [9.17, 15) is 9.59 Å². The van der Waals surface area contributed by atoms with Crippen LogP contribution in [0.5, 0.6) is 0 Å². The number of nitrogens with zero attached hydrogens (tertiary/aromatic N) is 2. The molecule has 0 saturated carbocycles. The van der Waals surface area contributed by atoms with Gasteiger partial charge in [-0.2, -0.15) is 0 Å². The molecule has 2 aliphatic rings. The fraction of sp³-hybridized carbons (Fsp3) is 0.520. The number of rotatable bonds is 6. The Hall–Kier alpha value is -2.38. The van der Waals surface area contributed by atoms with Crippen molar-refractivity contribution < 1.29 is 9.59 Å². The molecule has 1 aromatic heterocycles. The number of thiophene rings is 1. The minimum atomic E-state index is -0.157. The number of likely N-dealkylation sites (tertiary alicyclic amines) is 2. The molecule has 0 bridgehead atoms. The Morgan fingerprint density at radius 2 is 1.84 bits per heavy atom. The van der Waals surface area contributed by atoms with Crippen LogP contribution in [0.3, 0.4) is 0 Å². The van der Waals surface area contributed by atoms with E-state index in [1.807, 2.05) is 30.3 Å². The monoisotopic (exact) mass is 454 g/mol. The van der Waals surface area contributed by atoms with Gasteiger partial charge >= 0.3 is 6.03 Å². The molecule has 32 heavy (non-hydrogen) atoms. The lowest BCUT2D eigenvalue weighted by Gasteiger charge is -2.37. The van der Waals surface area contributed by atoms with Crippen molar-refractivity contribution in [2.45, 2.75) is 38.6 Å². The number of benzene rings is 1. The lowest BCUT2D eigenvalue weighted by molar-refractivity contribution is -0.126. The summed E-state index contributed by atoms with van der Waals surface area (Å²) in [7, 11) is 0. The Kier molecular flexibility index (Phi) is 7.81. The largest absolute Gasteiger partial charge is 0.354 e. The van der Waals surface area contributed by atoms with Gasteiger partial charge in [-0.15, -0.1) is 11.3 Å². The lowest BCUT2D eigenvalue weighted by atomic mass is 9.96. The van der Waals surface area contributed by atoms with Gasteiger partial charge in [0.25, 0.3) is 0 Å². The standard InChI is InChI=1S/C25H34N4O2S/c1-19-11-14-28(15-12-19)22(23-10-6-16-32-23)17-26-24(30)20-7-5-13-29(18-20)25(31)27-21-8-3-2-4-9-21/h2-4,6,8-10,16,19-20,22H,5,7,11-15,17-18H2,1H3,(H,26,30)(H,27,31)/t20-,22-/m1/s1. The zero-order chi connectivity index (χ0) is 22.3. The Labute approximate surface area is 195 Å². The number of carbonyl (C=O) groups is 2. The van der Waals surface area contributed by atoms with Gasteiger partial charge in [0.2, 0.25) is 5.91 Å². The highest BCUT2D eigenvalue weighted by molar-refractivity contribution is 7.10. The molecular formula is C25H34N4O2S. The van der Waals surface area contributed by atoms with Crippen molar-refractivity contribution in [3.8, 4) is 0 Å². The maximum absolute atomic E-state index is 13.0. The van der Waals surface area contributed by atoms with Crippen LogP contribution in [0.2, 0.25) is 0 Å². The fourth-order valence-corrected chi connectivity index (χ4v) is 5.53. The van der Waals surface area contributed by atoms with Gasteiger partial charge in [-0.1, -0.05) is 31.2 Å². The SMILES string of the molecule is CC1CCN([C@H](CNC(=O)[C@@H]2CCCN(C(=O)Nc3ccccc3)C2)c2cccs2)CC1. The molecule has 2 fully saturated rings. The molecule has 6 nitrogen and oxygen atoms in total. The first-order chi connectivity index (χ1) is 15.6. The van der Waals surface area contributed by atoms with Gasteiger partial charge in [-0.25, -0.2) is 4.79 Å². The summed E-state index contributed by atoms with van der Waals surface area (Å²) < 4.78 is 0. The van der Waals surface area contributed by atoms with Gasteiger partial charge in [-0.05, 0) is 68.3 Å². The summed E-state index contributed by atoms with van der Waals surface area (Å²) in [6, 6.07) is 13.8. The second-order valence-electron chi connectivity index (χ2n) is 9.08. The van der Waals surface area contributed by atoms with Crippen LogP contribution >= 0.6 is 11.3 Å². The summed E-state index contributed by atoms with van der Waals surface area (Å²) in [5.74, 6) is 0.685. The van der Waals surface area contributed by atoms with Crippen LogP contribution in [0.4, 0.5) is 10.5 Å². The van der Waals surface area contributed by atoms with Gasteiger partial charge in [0, 0.05) is 30.2 Å². The Morgan fingerprint density at radius 1 is 1.06 bits per heavy atom. The number of para-hydroxylation sites is 1. The van der Waals surface area contributed by atoms with E-state index in [2.05, 4.69) is 40.0 Å². The van der Waals surface area contributed by atoms with E-state index in [1.165, 1.54) is 17.7 Å². The van der Waals surface area contributed by atoms with Crippen molar-refractivity contribution >= 4 is 29.0 Å². The van der Waals surface area contributed by atoms with Gasteiger partial charge in [0.1, 0.15) is 0 Å². The van der Waals surface area contributed by atoms with Crippen molar-refractivity contribution in [3.63, 3.8) is 0 Å². The summed E-state index contributed by atoms with van der Waals surface area (Å²) in [6.45, 7) is 6.26. The highest BCUT2D eigenvalue weighted by Crippen LogP contribution is 2.29. The van der Waals surface area contributed by atoms with Crippen LogP contribution in [0.1, 0.15) is 43.5 Å². The molecule has 4 rings (SSSR count). The average Bonchev–Trinajstić information content (AvgIpc) is 3.35. The highest BCUT2D eigenvalue weighted by atomic mass is 32.1. The van der Waals surface area contributed by atoms with Crippen molar-refractivity contribution in [1.82, 2.24) is 15.1 Å². The average molecular weight is 455 g/mol. The highest BCUT2D eigenvalue weighted by Gasteiger charge is 2.30. The number of urea groups is 1. The van der Waals surface area contributed by atoms with E-state index in [-0.39, 0.29) is 23.9 Å². The van der Waals surface area contributed by atoms with Crippen LogP contribution in [0.15, 0.2) is 47.8 Å². The number of anilines is 1. The summed E-state index contributed by atoms with van der Waals surface area (Å²) >= 11 is 1.76. The molecule has 3 heterocycles. The first kappa shape index (κ1) is 22.8. The smallest absolute Gasteiger partial charge is 0.321 e. The molecule has 1 aromatic carbocycles. The maximum atomic E-state index is 13.0. The zero-order valence-corrected chi connectivity index (χ0v) is 19.7. The Balaban J connectivity index is 1.32. The summed E-state index contributed by atoms with van der Waals surface area (Å²) in [4.78, 5) is 31.3. The molecule has 3 amide bonds. The molecule has 172 valence electrons. The number of nitrogens with one attached hydrogen (secondary N) is 2. The van der Waals surface area contributed by atoms with Gasteiger partial charge in [0.05, 0.1) is 12.0 Å². The summed E-state index contributed by atoms with van der Waals surface area (Å²) in [5, 5.41) is 8.27. The minimum Gasteiger partial charge on any atom is -0.354 e. The second kappa shape index (κ2) is 11.0. The van der Waals surface area contributed by atoms with Crippen LogP contribution in [-0.2, 0) is 4.79 Å². The molecule has 2 N–H and O–H groups in total. The Bertz CT molecular complexity index is 865. The number of hydrogen-bond acceptors (Lipinski definition) is 4. The Morgan fingerprint density at radius 3 is 2.56 bits per heavy atom. The first-order valence-electron chi connectivity index (χ1n) is 11.8. The predicted octanol–water partition coefficient (Wildman–Crippen LogP) is 4.58. The van der Waals surface area contributed by atoms with Crippen LogP contribution in [0.25, 0.3) is 0 Å². The van der Waals surface area contributed by atoms with Gasteiger partial charge < -0.3 is 15.5 Å². The molecule has 0 aliphatic carbocycles. The topological polar surface area (TPSA) is 64.7 Å². The molecular weight excluding hydrogens is 420 g/mol.